The molecule has 0 aliphatic heterocycles. The van der Waals surface area contributed by atoms with E-state index in [2.05, 4.69) is 0 Å². The van der Waals surface area contributed by atoms with Gasteiger partial charge in [-0.15, -0.1) is 23.4 Å². The molecule has 0 aliphatic carbocycles. The monoisotopic (exact) mass is 224 g/mol. The molecule has 12 heavy (non-hydrogen) atoms. The Morgan fingerprint density at radius 3 is 2.67 bits per heavy atom. The summed E-state index contributed by atoms with van der Waals surface area (Å²) in [5.74, 6) is 0.431. The molecular weight excluding hydrogens is 215 g/mol. The lowest BCUT2D eigenvalue weighted by molar-refractivity contribution is -0.107. The van der Waals surface area contributed by atoms with Crippen LogP contribution in [0.15, 0.2) is 22.1 Å². The van der Waals surface area contributed by atoms with Gasteiger partial charge in [0, 0.05) is 12.3 Å². The lowest BCUT2D eigenvalue weighted by atomic mass is 10.2. The number of aldehydes is 1. The van der Waals surface area contributed by atoms with Crippen LogP contribution < -0.4 is 0 Å². The molecule has 0 aromatic rings. The maximum atomic E-state index is 10.2. The van der Waals surface area contributed by atoms with Gasteiger partial charge in [-0.3, -0.25) is 0 Å². The topological polar surface area (TPSA) is 17.1 Å². The van der Waals surface area contributed by atoms with Crippen LogP contribution in [-0.2, 0) is 4.79 Å². The summed E-state index contributed by atoms with van der Waals surface area (Å²) in [6, 6.07) is 0. The highest BCUT2D eigenvalue weighted by atomic mass is 35.5. The summed E-state index contributed by atoms with van der Waals surface area (Å²) in [5.41, 5.74) is 0.819. The second-order valence-corrected chi connectivity index (χ2v) is 3.66. The van der Waals surface area contributed by atoms with Crippen molar-refractivity contribution in [3.63, 3.8) is 0 Å². The van der Waals surface area contributed by atoms with Crippen LogP contribution in [0.3, 0.4) is 0 Å². The Balaban J connectivity index is 4.41. The molecule has 0 fully saturated rings. The Labute approximate surface area is 86.8 Å². The Morgan fingerprint density at radius 2 is 2.25 bits per heavy atom. The summed E-state index contributed by atoms with van der Waals surface area (Å²) < 4.78 is 0.642. The van der Waals surface area contributed by atoms with E-state index in [1.807, 2.05) is 6.26 Å². The average Bonchev–Trinajstić information content (AvgIpc) is 2.11. The molecule has 0 saturated carbocycles. The predicted molar refractivity (Wildman–Crippen MR) is 56.9 cm³/mol. The molecule has 4 heteroatoms. The van der Waals surface area contributed by atoms with Gasteiger partial charge in [-0.2, -0.15) is 0 Å². The van der Waals surface area contributed by atoms with Crippen LogP contribution in [0.25, 0.3) is 0 Å². The molecule has 68 valence electrons. The number of halogens is 2. The Hall–Kier alpha value is 0.0800. The maximum absolute atomic E-state index is 10.2. The number of rotatable bonds is 5. The average molecular weight is 225 g/mol. The lowest BCUT2D eigenvalue weighted by Crippen LogP contribution is -1.82. The van der Waals surface area contributed by atoms with Crippen molar-refractivity contribution in [3.05, 3.63) is 22.1 Å². The summed E-state index contributed by atoms with van der Waals surface area (Å²) in [4.78, 5) is 10.2. The third-order valence-electron chi connectivity index (χ3n) is 1.14. The number of carbonyl (C=O) groups excluding carboxylic acids is 1. The van der Waals surface area contributed by atoms with Crippen LogP contribution in [0.5, 0.6) is 0 Å². The number of alkyl halides is 1. The van der Waals surface area contributed by atoms with Gasteiger partial charge in [-0.1, -0.05) is 23.8 Å². The number of allylic oxidation sites excluding steroid dienone is 3. The fourth-order valence-electron chi connectivity index (χ4n) is 0.621. The molecule has 0 amide bonds. The standard InChI is InChI=1S/C8H10Cl2OS/c1-12-8(10)7(4-6-11)3-2-5-9/h2-3,6H,4-5H2,1H3/b3-2-,8-7+. The molecule has 0 aromatic carbocycles. The van der Waals surface area contributed by atoms with Crippen molar-refractivity contribution < 1.29 is 4.79 Å². The highest BCUT2D eigenvalue weighted by molar-refractivity contribution is 8.03. The van der Waals surface area contributed by atoms with Crippen LogP contribution in [0.1, 0.15) is 6.42 Å². The molecule has 0 aliphatic rings. The van der Waals surface area contributed by atoms with Gasteiger partial charge in [-0.05, 0) is 11.8 Å². The summed E-state index contributed by atoms with van der Waals surface area (Å²) in [5, 5.41) is 0. The van der Waals surface area contributed by atoms with Crippen LogP contribution in [0.2, 0.25) is 0 Å². The van der Waals surface area contributed by atoms with Crippen LogP contribution >= 0.6 is 35.0 Å². The van der Waals surface area contributed by atoms with E-state index in [4.69, 9.17) is 23.2 Å². The number of thioether (sulfide) groups is 1. The van der Waals surface area contributed by atoms with Gasteiger partial charge < -0.3 is 4.79 Å². The van der Waals surface area contributed by atoms with Gasteiger partial charge >= 0.3 is 0 Å². The normalized spacial score (nSPS) is 13.2. The minimum atomic E-state index is 0.340. The SMILES string of the molecule is CS/C(Cl)=C(\C=C/CCl)CC=O. The van der Waals surface area contributed by atoms with E-state index in [0.29, 0.717) is 16.7 Å². The molecule has 0 rings (SSSR count). The second-order valence-electron chi connectivity index (χ2n) is 1.93. The van der Waals surface area contributed by atoms with Crippen LogP contribution in [0, 0.1) is 0 Å². The molecule has 0 heterocycles. The molecule has 0 spiro atoms. The zero-order valence-electron chi connectivity index (χ0n) is 6.72. The van der Waals surface area contributed by atoms with E-state index < -0.39 is 0 Å². The van der Waals surface area contributed by atoms with Gasteiger partial charge in [0.1, 0.15) is 6.29 Å². The van der Waals surface area contributed by atoms with Crippen molar-refractivity contribution in [2.24, 2.45) is 0 Å². The number of hydrogen-bond acceptors (Lipinski definition) is 2. The Bertz CT molecular complexity index is 199. The highest BCUT2D eigenvalue weighted by Crippen LogP contribution is 2.23. The molecule has 0 radical (unpaired) electrons. The van der Waals surface area contributed by atoms with Crippen molar-refractivity contribution in [1.29, 1.82) is 0 Å². The minimum Gasteiger partial charge on any atom is -0.303 e. The molecular formula is C8H10Cl2OS. The molecule has 1 nitrogen and oxygen atoms in total. The summed E-state index contributed by atoms with van der Waals surface area (Å²) in [6.07, 6.45) is 6.57. The summed E-state index contributed by atoms with van der Waals surface area (Å²) in [6.45, 7) is 0. The van der Waals surface area contributed by atoms with E-state index in [1.54, 1.807) is 12.2 Å². The van der Waals surface area contributed by atoms with Crippen molar-refractivity contribution in [2.75, 3.05) is 12.1 Å². The van der Waals surface area contributed by atoms with Gasteiger partial charge in [0.25, 0.3) is 0 Å². The van der Waals surface area contributed by atoms with Crippen molar-refractivity contribution in [3.8, 4) is 0 Å². The van der Waals surface area contributed by atoms with E-state index in [1.165, 1.54) is 11.8 Å². The van der Waals surface area contributed by atoms with Crippen LogP contribution in [0.4, 0.5) is 0 Å². The Kier molecular flexibility index (Phi) is 7.77. The quantitative estimate of drug-likeness (QED) is 0.406. The Morgan fingerprint density at radius 1 is 1.58 bits per heavy atom. The van der Waals surface area contributed by atoms with Gasteiger partial charge in [-0.25, -0.2) is 0 Å². The van der Waals surface area contributed by atoms with Gasteiger partial charge in [0.15, 0.2) is 0 Å². The van der Waals surface area contributed by atoms with Gasteiger partial charge in [0.2, 0.25) is 0 Å². The third-order valence-corrected chi connectivity index (χ3v) is 2.65. The lowest BCUT2D eigenvalue weighted by Gasteiger charge is -1.98. The van der Waals surface area contributed by atoms with E-state index >= 15 is 0 Å². The smallest absolute Gasteiger partial charge is 0.124 e. The fourth-order valence-corrected chi connectivity index (χ4v) is 1.26. The first-order chi connectivity index (χ1) is 5.76. The zero-order chi connectivity index (χ0) is 9.40. The van der Waals surface area contributed by atoms with Gasteiger partial charge in [0.05, 0.1) is 4.36 Å². The first kappa shape index (κ1) is 12.1. The van der Waals surface area contributed by atoms with Crippen molar-refractivity contribution >= 4 is 41.2 Å². The van der Waals surface area contributed by atoms with Crippen molar-refractivity contribution in [2.45, 2.75) is 6.42 Å². The molecule has 0 bridgehead atoms. The highest BCUT2D eigenvalue weighted by Gasteiger charge is 1.98. The van der Waals surface area contributed by atoms with E-state index in [9.17, 15) is 4.79 Å². The molecule has 0 aromatic heterocycles. The summed E-state index contributed by atoms with van der Waals surface area (Å²) in [7, 11) is 0. The first-order valence-electron chi connectivity index (χ1n) is 3.35. The van der Waals surface area contributed by atoms with Crippen LogP contribution in [-0.4, -0.2) is 18.4 Å². The molecule has 0 unspecified atom stereocenters. The number of carbonyl (C=O) groups is 1. The molecule has 0 atom stereocenters. The second kappa shape index (κ2) is 7.71. The first-order valence-corrected chi connectivity index (χ1v) is 5.48. The largest absolute Gasteiger partial charge is 0.303 e. The molecule has 0 saturated heterocycles. The van der Waals surface area contributed by atoms with Crippen molar-refractivity contribution in [1.82, 2.24) is 0 Å². The third kappa shape index (κ3) is 4.86. The van der Waals surface area contributed by atoms with E-state index in [0.717, 1.165) is 11.9 Å². The van der Waals surface area contributed by atoms with E-state index in [-0.39, 0.29) is 0 Å². The maximum Gasteiger partial charge on any atom is 0.124 e. The summed E-state index contributed by atoms with van der Waals surface area (Å²) >= 11 is 12.7. The fraction of sp³-hybridized carbons (Fsp3) is 0.375. The zero-order valence-corrected chi connectivity index (χ0v) is 9.05. The predicted octanol–water partition coefficient (Wildman–Crippen LogP) is 3.18. The number of hydrogen-bond donors (Lipinski definition) is 0. The molecule has 0 N–H and O–H groups in total. The minimum absolute atomic E-state index is 0.340.